The largest absolute Gasteiger partial charge is 0.492 e. The van der Waals surface area contributed by atoms with Gasteiger partial charge in [-0.05, 0) is 83.7 Å². The van der Waals surface area contributed by atoms with Crippen molar-refractivity contribution in [2.24, 2.45) is 5.92 Å². The molecule has 0 aromatic heterocycles. The summed E-state index contributed by atoms with van der Waals surface area (Å²) in [6, 6.07) is 27.2. The molecule has 1 aliphatic carbocycles. The molecule has 258 valence electrons. The van der Waals surface area contributed by atoms with Crippen LogP contribution in [0, 0.1) is 5.92 Å². The zero-order chi connectivity index (χ0) is 34.2. The monoisotopic (exact) mass is 679 g/mol. The number of fused-ring (bicyclic) bond motifs is 1. The van der Waals surface area contributed by atoms with E-state index in [1.165, 1.54) is 23.2 Å². The fourth-order valence-electron chi connectivity index (χ4n) is 8.51. The van der Waals surface area contributed by atoms with Crippen molar-refractivity contribution in [3.63, 3.8) is 0 Å². The quantitative estimate of drug-likeness (QED) is 0.239. The van der Waals surface area contributed by atoms with Gasteiger partial charge in [-0.2, -0.15) is 0 Å². The van der Waals surface area contributed by atoms with E-state index >= 15 is 0 Å². The van der Waals surface area contributed by atoms with Crippen molar-refractivity contribution in [3.8, 4) is 5.75 Å². The molecule has 3 fully saturated rings. The van der Waals surface area contributed by atoms with Crippen LogP contribution < -0.4 is 20.4 Å². The highest BCUT2D eigenvalue weighted by atomic mass is 28.4. The van der Waals surface area contributed by atoms with Gasteiger partial charge in [0.2, 0.25) is 11.8 Å². The van der Waals surface area contributed by atoms with Gasteiger partial charge in [0.05, 0.1) is 0 Å². The second-order valence-corrected chi connectivity index (χ2v) is 19.7. The highest BCUT2D eigenvalue weighted by molar-refractivity contribution is 6.99. The predicted molar refractivity (Wildman–Crippen MR) is 192 cm³/mol. The molecule has 0 spiro atoms. The molecule has 3 aliphatic heterocycles. The van der Waals surface area contributed by atoms with Gasteiger partial charge in [-0.25, -0.2) is 0 Å². The lowest BCUT2D eigenvalue weighted by Gasteiger charge is -2.49. The second-order valence-electron chi connectivity index (χ2n) is 15.4. The van der Waals surface area contributed by atoms with Crippen molar-refractivity contribution in [2.45, 2.75) is 95.5 Å². The fourth-order valence-corrected chi connectivity index (χ4v) is 13.2. The van der Waals surface area contributed by atoms with Crippen LogP contribution in [0.5, 0.6) is 5.75 Å². The molecule has 7 rings (SSSR count). The van der Waals surface area contributed by atoms with Gasteiger partial charge in [0.25, 0.3) is 14.2 Å². The third-order valence-electron chi connectivity index (χ3n) is 11.1. The van der Waals surface area contributed by atoms with E-state index in [2.05, 4.69) is 91.7 Å². The van der Waals surface area contributed by atoms with Crippen molar-refractivity contribution in [1.29, 1.82) is 0 Å². The maximum absolute atomic E-state index is 13.1. The number of hydrogen-bond donors (Lipinski definition) is 1. The second kappa shape index (κ2) is 13.8. The molecule has 1 N–H and O–H groups in total. The van der Waals surface area contributed by atoms with Gasteiger partial charge in [0.15, 0.2) is 0 Å². The normalized spacial score (nSPS) is 24.7. The maximum atomic E-state index is 13.1. The number of carbonyl (C=O) groups is 3. The first-order valence-corrected chi connectivity index (χ1v) is 20.0. The summed E-state index contributed by atoms with van der Waals surface area (Å²) in [5.41, 5.74) is 1.48. The summed E-state index contributed by atoms with van der Waals surface area (Å²) < 4.78 is 13.8. The smallest absolute Gasteiger partial charge is 0.261 e. The highest BCUT2D eigenvalue weighted by Gasteiger charge is 2.53. The fraction of sp³-hybridized carbons (Fsp3) is 0.475. The van der Waals surface area contributed by atoms with E-state index in [9.17, 15) is 14.4 Å². The first-order valence-electron chi connectivity index (χ1n) is 18.1. The SMILES string of the molecule is CC(C)(C)[Si](O[C@H]1C[C@H](CN2CCCC[C@@H]2COc2ccc3c(c2)CN(C2CCC(=O)NC2=O)C3=O)C1)(c1ccccc1)c1ccccc1. The lowest BCUT2D eigenvalue weighted by atomic mass is 9.81. The molecule has 0 radical (unpaired) electrons. The number of rotatable bonds is 10. The number of nitrogens with zero attached hydrogens (tertiary/aromatic N) is 2. The van der Waals surface area contributed by atoms with E-state index < -0.39 is 20.3 Å². The van der Waals surface area contributed by atoms with Crippen LogP contribution in [-0.2, 0) is 20.6 Å². The summed E-state index contributed by atoms with van der Waals surface area (Å²) >= 11 is 0. The number of piperidine rings is 2. The molecule has 3 aromatic carbocycles. The maximum Gasteiger partial charge on any atom is 0.261 e. The molecule has 1 saturated carbocycles. The molecule has 2 saturated heterocycles. The van der Waals surface area contributed by atoms with Crippen LogP contribution in [0.1, 0.15) is 81.6 Å². The van der Waals surface area contributed by atoms with Gasteiger partial charge in [0.1, 0.15) is 18.4 Å². The van der Waals surface area contributed by atoms with Crippen molar-refractivity contribution in [2.75, 3.05) is 19.7 Å². The molecule has 9 heteroatoms. The van der Waals surface area contributed by atoms with Crippen LogP contribution in [0.3, 0.4) is 0 Å². The summed E-state index contributed by atoms with van der Waals surface area (Å²) in [5.74, 6) is 0.530. The van der Waals surface area contributed by atoms with E-state index in [1.54, 1.807) is 4.90 Å². The number of carbonyl (C=O) groups excluding carboxylic acids is 3. The Bertz CT molecular complexity index is 1630. The average Bonchev–Trinajstić information content (AvgIpc) is 3.40. The topological polar surface area (TPSA) is 88.2 Å². The Balaban J connectivity index is 0.968. The highest BCUT2D eigenvalue weighted by Crippen LogP contribution is 2.42. The minimum atomic E-state index is -2.55. The lowest BCUT2D eigenvalue weighted by Crippen LogP contribution is -2.68. The average molecular weight is 680 g/mol. The molecule has 2 atom stereocenters. The van der Waals surface area contributed by atoms with E-state index in [-0.39, 0.29) is 29.4 Å². The summed E-state index contributed by atoms with van der Waals surface area (Å²) in [6.45, 7) is 10.2. The molecule has 3 amide bonds. The van der Waals surface area contributed by atoms with E-state index in [0.717, 1.165) is 43.7 Å². The molecule has 3 heterocycles. The Hall–Kier alpha value is -3.79. The van der Waals surface area contributed by atoms with Crippen molar-refractivity contribution in [1.82, 2.24) is 15.1 Å². The number of hydrogen-bond acceptors (Lipinski definition) is 6. The molecule has 3 aromatic rings. The zero-order valence-corrected chi connectivity index (χ0v) is 30.0. The molecular weight excluding hydrogens is 631 g/mol. The van der Waals surface area contributed by atoms with Crippen molar-refractivity contribution < 1.29 is 23.5 Å². The van der Waals surface area contributed by atoms with E-state index in [1.807, 2.05) is 18.2 Å². The van der Waals surface area contributed by atoms with Crippen molar-refractivity contribution in [3.05, 3.63) is 90.0 Å². The predicted octanol–water partition coefficient (Wildman–Crippen LogP) is 5.04. The van der Waals surface area contributed by atoms with Crippen LogP contribution in [0.25, 0.3) is 0 Å². The Kier molecular flexibility index (Phi) is 9.52. The standard InChI is InChI=1S/C40H49N3O5Si/c1-40(2,3)49(33-13-6-4-7-14-33,34-15-8-5-9-16-34)48-32-22-28(23-32)25-42-21-11-10-12-30(42)27-47-31-17-18-35-29(24-31)26-43(39(35)46)36-19-20-37(44)41-38(36)45/h4-9,13-18,24,28,30,32,36H,10-12,19-23,25-27H2,1-3H3,(H,41,44,45)/t28-,30-,32-,36?/m1/s1. The van der Waals surface area contributed by atoms with Crippen LogP contribution >= 0.6 is 0 Å². The Morgan fingerprint density at radius 2 is 1.57 bits per heavy atom. The Morgan fingerprint density at radius 3 is 2.22 bits per heavy atom. The van der Waals surface area contributed by atoms with Gasteiger partial charge >= 0.3 is 0 Å². The van der Waals surface area contributed by atoms with Gasteiger partial charge in [-0.1, -0.05) is 87.9 Å². The molecule has 4 aliphatic rings. The van der Waals surface area contributed by atoms with Gasteiger partial charge in [-0.3, -0.25) is 24.6 Å². The first kappa shape index (κ1) is 33.7. The van der Waals surface area contributed by atoms with Crippen molar-refractivity contribution >= 4 is 36.4 Å². The minimum Gasteiger partial charge on any atom is -0.492 e. The lowest BCUT2D eigenvalue weighted by molar-refractivity contribution is -0.136. The number of amides is 3. The number of nitrogens with one attached hydrogen (secondary N) is 1. The Morgan fingerprint density at radius 1 is 0.878 bits per heavy atom. The van der Waals surface area contributed by atoms with Crippen LogP contribution in [-0.4, -0.2) is 73.7 Å². The van der Waals surface area contributed by atoms with Gasteiger partial charge in [0, 0.05) is 37.2 Å². The van der Waals surface area contributed by atoms with Crippen LogP contribution in [0.2, 0.25) is 5.04 Å². The van der Waals surface area contributed by atoms with E-state index in [4.69, 9.17) is 9.16 Å². The van der Waals surface area contributed by atoms with Crippen LogP contribution in [0.4, 0.5) is 0 Å². The van der Waals surface area contributed by atoms with Gasteiger partial charge in [-0.15, -0.1) is 0 Å². The molecule has 8 nitrogen and oxygen atoms in total. The number of imide groups is 1. The first-order chi connectivity index (χ1) is 23.6. The summed E-state index contributed by atoms with van der Waals surface area (Å²) in [7, 11) is -2.55. The summed E-state index contributed by atoms with van der Waals surface area (Å²) in [5, 5.41) is 5.02. The summed E-state index contributed by atoms with van der Waals surface area (Å²) in [6.07, 6.45) is 6.55. The number of likely N-dealkylation sites (tertiary alicyclic amines) is 1. The molecule has 49 heavy (non-hydrogen) atoms. The molecule has 1 unspecified atom stereocenters. The zero-order valence-electron chi connectivity index (χ0n) is 29.0. The molecule has 0 bridgehead atoms. The Labute approximate surface area is 291 Å². The number of benzene rings is 3. The third kappa shape index (κ3) is 6.73. The minimum absolute atomic E-state index is 0.0236. The number of ether oxygens (including phenoxy) is 1. The summed E-state index contributed by atoms with van der Waals surface area (Å²) in [4.78, 5) is 41.4. The third-order valence-corrected chi connectivity index (χ3v) is 16.2. The van der Waals surface area contributed by atoms with Gasteiger partial charge < -0.3 is 14.1 Å². The van der Waals surface area contributed by atoms with E-state index in [0.29, 0.717) is 37.1 Å². The molecular formula is C40H49N3O5Si. The van der Waals surface area contributed by atoms with Crippen LogP contribution in [0.15, 0.2) is 78.9 Å².